The summed E-state index contributed by atoms with van der Waals surface area (Å²) in [6.07, 6.45) is -4.54. The van der Waals surface area contributed by atoms with E-state index in [0.29, 0.717) is 6.07 Å². The van der Waals surface area contributed by atoms with Gasteiger partial charge in [-0.25, -0.2) is 26.3 Å². The molecular formula is C16H6F8N2O3. The Morgan fingerprint density at radius 1 is 0.966 bits per heavy atom. The van der Waals surface area contributed by atoms with E-state index in [1.807, 2.05) is 0 Å². The van der Waals surface area contributed by atoms with Gasteiger partial charge < -0.3 is 10.5 Å². The number of hydrogen-bond acceptors (Lipinski definition) is 3. The molecule has 0 saturated heterocycles. The molecule has 0 fully saturated rings. The largest absolute Gasteiger partial charge is 0.482 e. The number of amides is 2. The smallest absolute Gasteiger partial charge is 0.423 e. The van der Waals surface area contributed by atoms with Crippen LogP contribution in [-0.4, -0.2) is 24.5 Å². The molecule has 2 aromatic rings. The molecule has 0 spiro atoms. The summed E-state index contributed by atoms with van der Waals surface area (Å²) >= 11 is 0. The number of ether oxygens (including phenoxy) is 1. The molecule has 2 N–H and O–H groups in total. The second-order valence-corrected chi connectivity index (χ2v) is 5.72. The number of alkyl halides is 2. The fourth-order valence-electron chi connectivity index (χ4n) is 2.63. The molecule has 0 unspecified atom stereocenters. The van der Waals surface area contributed by atoms with Gasteiger partial charge in [0.05, 0.1) is 11.3 Å². The molecule has 5 nitrogen and oxygen atoms in total. The highest BCUT2D eigenvalue weighted by atomic mass is 19.3. The van der Waals surface area contributed by atoms with Crippen molar-refractivity contribution < 1.29 is 49.4 Å². The molecule has 3 rings (SSSR count). The monoisotopic (exact) mass is 426 g/mol. The lowest BCUT2D eigenvalue weighted by molar-refractivity contribution is -0.192. The maximum absolute atomic E-state index is 14.3. The zero-order valence-corrected chi connectivity index (χ0v) is 13.6. The van der Waals surface area contributed by atoms with E-state index >= 15 is 0 Å². The van der Waals surface area contributed by atoms with E-state index in [1.54, 1.807) is 0 Å². The predicted molar refractivity (Wildman–Crippen MR) is 78.7 cm³/mol. The molecule has 154 valence electrons. The number of rotatable bonds is 3. The van der Waals surface area contributed by atoms with Crippen molar-refractivity contribution in [1.29, 1.82) is 0 Å². The van der Waals surface area contributed by atoms with Crippen LogP contribution >= 0.6 is 0 Å². The van der Waals surface area contributed by atoms with Crippen molar-refractivity contribution in [3.63, 3.8) is 0 Å². The van der Waals surface area contributed by atoms with Crippen LogP contribution in [0.1, 0.15) is 0 Å². The Bertz CT molecular complexity index is 1040. The number of primary amides is 1. The molecule has 2 amide bonds. The summed E-state index contributed by atoms with van der Waals surface area (Å²) in [5, 5.41) is 0. The number of anilines is 1. The van der Waals surface area contributed by atoms with E-state index in [0.717, 1.165) is 0 Å². The number of carbonyl (C=O) groups is 2. The molecule has 2 aromatic carbocycles. The lowest BCUT2D eigenvalue weighted by Crippen LogP contribution is -2.53. The molecule has 0 bridgehead atoms. The van der Waals surface area contributed by atoms with Gasteiger partial charge in [0.2, 0.25) is 11.7 Å². The lowest BCUT2D eigenvalue weighted by atomic mass is 10.0. The summed E-state index contributed by atoms with van der Waals surface area (Å²) < 4.78 is 114. The van der Waals surface area contributed by atoms with Crippen LogP contribution in [-0.2, 0) is 9.59 Å². The maximum atomic E-state index is 14.3. The Morgan fingerprint density at radius 3 is 2.00 bits per heavy atom. The molecule has 0 saturated carbocycles. The second-order valence-electron chi connectivity index (χ2n) is 5.72. The van der Waals surface area contributed by atoms with Gasteiger partial charge in [-0.2, -0.15) is 8.78 Å². The van der Waals surface area contributed by atoms with Crippen LogP contribution in [0.5, 0.6) is 5.75 Å². The van der Waals surface area contributed by atoms with E-state index in [2.05, 4.69) is 4.74 Å². The van der Waals surface area contributed by atoms with Gasteiger partial charge in [0.1, 0.15) is 12.4 Å². The van der Waals surface area contributed by atoms with Crippen LogP contribution in [0.2, 0.25) is 0 Å². The zero-order valence-electron chi connectivity index (χ0n) is 13.6. The summed E-state index contributed by atoms with van der Waals surface area (Å²) in [6, 6.07) is 0.454. The molecule has 0 aliphatic carbocycles. The summed E-state index contributed by atoms with van der Waals surface area (Å²) in [4.78, 5) is 22.9. The summed E-state index contributed by atoms with van der Waals surface area (Å²) in [6.45, 7) is -1.17. The van der Waals surface area contributed by atoms with Crippen LogP contribution in [0.3, 0.4) is 0 Å². The van der Waals surface area contributed by atoms with Crippen molar-refractivity contribution in [1.82, 2.24) is 0 Å². The van der Waals surface area contributed by atoms with Crippen molar-refractivity contribution in [2.24, 2.45) is 5.73 Å². The molecular weight excluding hydrogens is 420 g/mol. The van der Waals surface area contributed by atoms with E-state index in [1.165, 1.54) is 0 Å². The van der Waals surface area contributed by atoms with Gasteiger partial charge in [0, 0.05) is 11.6 Å². The highest BCUT2D eigenvalue weighted by molar-refractivity contribution is 6.04. The van der Waals surface area contributed by atoms with Gasteiger partial charge in [-0.05, 0) is 6.07 Å². The lowest BCUT2D eigenvalue weighted by Gasteiger charge is -2.33. The maximum Gasteiger partial charge on any atom is 0.482 e. The van der Waals surface area contributed by atoms with Gasteiger partial charge >= 0.3 is 12.0 Å². The van der Waals surface area contributed by atoms with Crippen LogP contribution in [0.4, 0.5) is 40.8 Å². The summed E-state index contributed by atoms with van der Waals surface area (Å²) in [7, 11) is 0. The van der Waals surface area contributed by atoms with Crippen LogP contribution in [0.25, 0.3) is 11.1 Å². The van der Waals surface area contributed by atoms with Gasteiger partial charge in [0.15, 0.2) is 29.0 Å². The van der Waals surface area contributed by atoms with Gasteiger partial charge in [-0.15, -0.1) is 0 Å². The Kier molecular flexibility index (Phi) is 4.63. The number of hydrogen-bond donors (Lipinski definition) is 1. The van der Waals surface area contributed by atoms with Crippen molar-refractivity contribution in [2.45, 2.75) is 6.11 Å². The standard InChI is InChI=1S/C16H6F8N2O3/c17-5-2-7-6(26(3-8(25)27)15(28)16(23,24)29-7)1-4(5)9-10(18)12(20)14(22)13(21)11(9)19/h1-2H,3H2,(H2,25,27). The molecule has 1 aliphatic heterocycles. The number of nitrogens with two attached hydrogens (primary N) is 1. The van der Waals surface area contributed by atoms with Crippen molar-refractivity contribution in [2.75, 3.05) is 11.4 Å². The minimum absolute atomic E-state index is 0.0240. The third-order valence-corrected chi connectivity index (χ3v) is 3.86. The molecule has 0 radical (unpaired) electrons. The molecule has 0 aromatic heterocycles. The van der Waals surface area contributed by atoms with Gasteiger partial charge in [-0.3, -0.25) is 14.5 Å². The second kappa shape index (κ2) is 6.60. The Morgan fingerprint density at radius 2 is 1.48 bits per heavy atom. The first-order valence-electron chi connectivity index (χ1n) is 7.39. The third-order valence-electron chi connectivity index (χ3n) is 3.86. The minimum Gasteiger partial charge on any atom is -0.423 e. The number of nitrogens with zero attached hydrogens (tertiary/aromatic N) is 1. The molecule has 13 heteroatoms. The fraction of sp³-hybridized carbons (Fsp3) is 0.125. The Labute approximate surface area is 155 Å². The fourth-order valence-corrected chi connectivity index (χ4v) is 2.63. The first kappa shape index (κ1) is 20.4. The number of benzene rings is 2. The zero-order chi connectivity index (χ0) is 21.8. The van der Waals surface area contributed by atoms with Crippen LogP contribution in [0.15, 0.2) is 12.1 Å². The predicted octanol–water partition coefficient (Wildman–Crippen LogP) is 2.99. The first-order valence-corrected chi connectivity index (χ1v) is 7.39. The highest BCUT2D eigenvalue weighted by Crippen LogP contribution is 2.44. The van der Waals surface area contributed by atoms with E-state index in [-0.39, 0.29) is 11.0 Å². The van der Waals surface area contributed by atoms with Crippen molar-refractivity contribution in [3.8, 4) is 16.9 Å². The average Bonchev–Trinajstić information content (AvgIpc) is 2.63. The summed E-state index contributed by atoms with van der Waals surface area (Å²) in [5.41, 5.74) is 1.07. The number of fused-ring (bicyclic) bond motifs is 1. The highest BCUT2D eigenvalue weighted by Gasteiger charge is 2.51. The van der Waals surface area contributed by atoms with Crippen LogP contribution < -0.4 is 15.4 Å². The molecule has 29 heavy (non-hydrogen) atoms. The normalized spacial score (nSPS) is 15.2. The van der Waals surface area contributed by atoms with E-state index < -0.39 is 81.9 Å². The minimum atomic E-state index is -4.54. The first-order chi connectivity index (χ1) is 13.4. The van der Waals surface area contributed by atoms with E-state index in [4.69, 9.17) is 5.73 Å². The number of carbonyl (C=O) groups excluding carboxylic acids is 2. The Balaban J connectivity index is 2.31. The molecule has 1 aliphatic rings. The van der Waals surface area contributed by atoms with Gasteiger partial charge in [0.25, 0.3) is 0 Å². The van der Waals surface area contributed by atoms with Crippen molar-refractivity contribution in [3.05, 3.63) is 47.0 Å². The molecule has 0 atom stereocenters. The SMILES string of the molecule is NC(=O)CN1C(=O)C(F)(F)Oc2cc(F)c(-c3c(F)c(F)c(F)c(F)c3F)cc21. The summed E-state index contributed by atoms with van der Waals surface area (Å²) in [5.74, 6) is -18.3. The quantitative estimate of drug-likeness (QED) is 0.466. The van der Waals surface area contributed by atoms with Gasteiger partial charge in [-0.1, -0.05) is 0 Å². The Hall–Kier alpha value is -3.38. The topological polar surface area (TPSA) is 72.6 Å². The molecule has 1 heterocycles. The van der Waals surface area contributed by atoms with E-state index in [9.17, 15) is 44.7 Å². The third kappa shape index (κ3) is 3.11. The van der Waals surface area contributed by atoms with Crippen LogP contribution in [0, 0.1) is 34.9 Å². The number of halogens is 8. The average molecular weight is 426 g/mol. The van der Waals surface area contributed by atoms with Crippen molar-refractivity contribution >= 4 is 17.5 Å².